The van der Waals surface area contributed by atoms with Crippen LogP contribution in [0.4, 0.5) is 34.1 Å². The first kappa shape index (κ1) is 40.6. The van der Waals surface area contributed by atoms with Crippen LogP contribution >= 0.6 is 0 Å². The Hall–Kier alpha value is -9.26. The van der Waals surface area contributed by atoms with Crippen LogP contribution in [0.2, 0.25) is 0 Å². The summed E-state index contributed by atoms with van der Waals surface area (Å²) in [5, 5.41) is 13.8. The molecule has 0 spiro atoms. The Morgan fingerprint density at radius 2 is 0.639 bits per heavy atom. The van der Waals surface area contributed by atoms with E-state index >= 15 is 0 Å². The number of rotatable bonds is 8. The second kappa shape index (κ2) is 15.6. The number of para-hydroxylation sites is 4. The standard InChI is InChI=1S/C66H46N4O2/c1-3-67-59-21-13-11-19-51(59)53-29-27-49(37-61(53)67)69(45-15-7-5-8-16-45)47-25-23-41-33-55-57-39-66-58(40-65(57)71-63(55)35-43(41)31-47)56-34-42-24-26-48(32-44(42)36-64(56)72-66)70(46-17-9-6-10-18-46)50-28-30-54-52-20-12-14-22-60(52)68(4-2)62(54)38-50/h5-40H,3-4H2,1-2H3. The van der Waals surface area contributed by atoms with Crippen molar-refractivity contribution in [3.8, 4) is 0 Å². The Morgan fingerprint density at radius 1 is 0.278 bits per heavy atom. The van der Waals surface area contributed by atoms with Gasteiger partial charge in [0.05, 0.1) is 11.0 Å². The first-order valence-corrected chi connectivity index (χ1v) is 25.0. The zero-order valence-electron chi connectivity index (χ0n) is 39.8. The first-order valence-electron chi connectivity index (χ1n) is 25.0. The molecule has 0 N–H and O–H groups in total. The van der Waals surface area contributed by atoms with E-state index in [0.29, 0.717) is 0 Å². The van der Waals surface area contributed by atoms with E-state index in [9.17, 15) is 0 Å². The maximum absolute atomic E-state index is 6.77. The van der Waals surface area contributed by atoms with Gasteiger partial charge >= 0.3 is 0 Å². The van der Waals surface area contributed by atoms with Crippen molar-refractivity contribution in [3.63, 3.8) is 0 Å². The predicted molar refractivity (Wildman–Crippen MR) is 303 cm³/mol. The summed E-state index contributed by atoms with van der Waals surface area (Å²) in [6.07, 6.45) is 0. The summed E-state index contributed by atoms with van der Waals surface area (Å²) in [4.78, 5) is 4.71. The summed E-state index contributed by atoms with van der Waals surface area (Å²) in [5.41, 5.74) is 14.9. The second-order valence-corrected chi connectivity index (χ2v) is 19.1. The topological polar surface area (TPSA) is 42.6 Å². The lowest BCUT2D eigenvalue weighted by Crippen LogP contribution is -2.10. The van der Waals surface area contributed by atoms with Gasteiger partial charge in [-0.2, -0.15) is 0 Å². The minimum Gasteiger partial charge on any atom is -0.456 e. The molecule has 15 rings (SSSR count). The average molecular weight is 927 g/mol. The van der Waals surface area contributed by atoms with Crippen molar-refractivity contribution >= 4 is 143 Å². The van der Waals surface area contributed by atoms with E-state index in [2.05, 4.69) is 251 Å². The Morgan fingerprint density at radius 3 is 1.08 bits per heavy atom. The van der Waals surface area contributed by atoms with Crippen molar-refractivity contribution in [1.29, 1.82) is 0 Å². The summed E-state index contributed by atoms with van der Waals surface area (Å²) in [7, 11) is 0. The highest BCUT2D eigenvalue weighted by molar-refractivity contribution is 6.19. The molecule has 6 nitrogen and oxygen atoms in total. The molecule has 72 heavy (non-hydrogen) atoms. The van der Waals surface area contributed by atoms with Gasteiger partial charge in [-0.1, -0.05) is 97.1 Å². The minimum atomic E-state index is 0.842. The van der Waals surface area contributed by atoms with Crippen LogP contribution in [0.25, 0.3) is 109 Å². The van der Waals surface area contributed by atoms with E-state index in [0.717, 1.165) is 113 Å². The van der Waals surface area contributed by atoms with Crippen LogP contribution < -0.4 is 9.80 Å². The predicted octanol–water partition coefficient (Wildman–Crippen LogP) is 19.0. The summed E-state index contributed by atoms with van der Waals surface area (Å²) in [6, 6.07) is 79.2. The summed E-state index contributed by atoms with van der Waals surface area (Å²) in [5.74, 6) is 0. The van der Waals surface area contributed by atoms with Crippen molar-refractivity contribution in [2.75, 3.05) is 9.80 Å². The number of hydrogen-bond donors (Lipinski definition) is 0. The van der Waals surface area contributed by atoms with Gasteiger partial charge < -0.3 is 27.8 Å². The van der Waals surface area contributed by atoms with Gasteiger partial charge in [-0.15, -0.1) is 0 Å². The van der Waals surface area contributed by atoms with Gasteiger partial charge in [-0.05, 0) is 157 Å². The normalized spacial score (nSPS) is 12.1. The van der Waals surface area contributed by atoms with Crippen molar-refractivity contribution in [2.24, 2.45) is 0 Å². The van der Waals surface area contributed by atoms with Gasteiger partial charge in [0.1, 0.15) is 22.3 Å². The molecule has 0 unspecified atom stereocenters. The van der Waals surface area contributed by atoms with E-state index in [1.807, 2.05) is 0 Å². The number of furan rings is 2. The summed E-state index contributed by atoms with van der Waals surface area (Å²) >= 11 is 0. The molecular formula is C66H46N4O2. The van der Waals surface area contributed by atoms with E-state index in [1.54, 1.807) is 0 Å². The highest BCUT2D eigenvalue weighted by Crippen LogP contribution is 2.44. The Kier molecular flexibility index (Phi) is 8.81. The Labute approximate surface area is 414 Å². The van der Waals surface area contributed by atoms with Gasteiger partial charge in [0, 0.05) is 101 Å². The lowest BCUT2D eigenvalue weighted by molar-refractivity contribution is 0.664. The fourth-order valence-corrected chi connectivity index (χ4v) is 11.9. The molecule has 4 heterocycles. The van der Waals surface area contributed by atoms with Crippen molar-refractivity contribution < 1.29 is 8.83 Å². The van der Waals surface area contributed by atoms with Crippen molar-refractivity contribution in [2.45, 2.75) is 26.9 Å². The van der Waals surface area contributed by atoms with E-state index in [1.165, 1.54) is 43.6 Å². The van der Waals surface area contributed by atoms with E-state index < -0.39 is 0 Å². The number of benzene rings is 11. The SMILES string of the molecule is CCn1c2ccccc2c2ccc(N(c3ccccc3)c3ccc4cc5c(cc4c3)oc3cc4c(cc35)oc3cc5cc(N(c6ccccc6)c6ccc7c8ccccc8n(CC)c7c6)ccc5cc34)cc21. The second-order valence-electron chi connectivity index (χ2n) is 19.1. The first-order chi connectivity index (χ1) is 35.6. The lowest BCUT2D eigenvalue weighted by Gasteiger charge is -2.26. The number of nitrogens with zero attached hydrogens (tertiary/aromatic N) is 4. The van der Waals surface area contributed by atoms with Gasteiger partial charge in [0.15, 0.2) is 0 Å². The zero-order chi connectivity index (χ0) is 47.6. The molecule has 0 fully saturated rings. The molecule has 0 saturated carbocycles. The molecule has 4 aromatic heterocycles. The highest BCUT2D eigenvalue weighted by atomic mass is 16.3. The highest BCUT2D eigenvalue weighted by Gasteiger charge is 2.21. The monoisotopic (exact) mass is 926 g/mol. The number of anilines is 6. The fraction of sp³-hybridized carbons (Fsp3) is 0.0606. The smallest absolute Gasteiger partial charge is 0.136 e. The Bertz CT molecular complexity index is 4370. The van der Waals surface area contributed by atoms with Crippen LogP contribution in [0.3, 0.4) is 0 Å². The van der Waals surface area contributed by atoms with Gasteiger partial charge in [0.2, 0.25) is 0 Å². The number of fused-ring (bicyclic) bond motifs is 14. The minimum absolute atomic E-state index is 0.842. The van der Waals surface area contributed by atoms with E-state index in [4.69, 9.17) is 8.83 Å². The quantitative estimate of drug-likeness (QED) is 0.152. The molecule has 0 aliphatic heterocycles. The fourth-order valence-electron chi connectivity index (χ4n) is 11.9. The number of aromatic nitrogens is 2. The molecule has 6 heteroatoms. The molecule has 0 aliphatic carbocycles. The molecule has 15 aromatic rings. The van der Waals surface area contributed by atoms with Crippen LogP contribution in [0.1, 0.15) is 13.8 Å². The largest absolute Gasteiger partial charge is 0.456 e. The molecule has 0 bridgehead atoms. The van der Waals surface area contributed by atoms with Crippen LogP contribution in [0, 0.1) is 0 Å². The molecule has 0 atom stereocenters. The van der Waals surface area contributed by atoms with Crippen LogP contribution in [-0.2, 0) is 13.1 Å². The van der Waals surface area contributed by atoms with Gasteiger partial charge in [-0.3, -0.25) is 0 Å². The maximum Gasteiger partial charge on any atom is 0.136 e. The average Bonchev–Trinajstić information content (AvgIpc) is 4.15. The maximum atomic E-state index is 6.77. The van der Waals surface area contributed by atoms with E-state index in [-0.39, 0.29) is 0 Å². The summed E-state index contributed by atoms with van der Waals surface area (Å²) in [6.45, 7) is 6.23. The van der Waals surface area contributed by atoms with Gasteiger partial charge in [-0.25, -0.2) is 0 Å². The molecule has 0 amide bonds. The third-order valence-corrected chi connectivity index (χ3v) is 15.2. The molecular weight excluding hydrogens is 881 g/mol. The third-order valence-electron chi connectivity index (χ3n) is 15.2. The molecule has 0 radical (unpaired) electrons. The van der Waals surface area contributed by atoms with Gasteiger partial charge in [0.25, 0.3) is 0 Å². The zero-order valence-corrected chi connectivity index (χ0v) is 39.8. The Balaban J connectivity index is 0.816. The molecule has 11 aromatic carbocycles. The lowest BCUT2D eigenvalue weighted by atomic mass is 10.0. The number of aryl methyl sites for hydroxylation is 2. The van der Waals surface area contributed by atoms with Crippen molar-refractivity contribution in [1.82, 2.24) is 9.13 Å². The molecule has 342 valence electrons. The summed E-state index contributed by atoms with van der Waals surface area (Å²) < 4.78 is 18.4. The third kappa shape index (κ3) is 6.09. The van der Waals surface area contributed by atoms with Crippen molar-refractivity contribution in [3.05, 3.63) is 218 Å². The van der Waals surface area contributed by atoms with Crippen LogP contribution in [-0.4, -0.2) is 9.13 Å². The van der Waals surface area contributed by atoms with Crippen LogP contribution in [0.5, 0.6) is 0 Å². The molecule has 0 saturated heterocycles. The van der Waals surface area contributed by atoms with Crippen LogP contribution in [0.15, 0.2) is 227 Å². The molecule has 0 aliphatic rings. The number of hydrogen-bond acceptors (Lipinski definition) is 4.